The molecule has 4 heteroatoms. The predicted octanol–water partition coefficient (Wildman–Crippen LogP) is -3.14. The summed E-state index contributed by atoms with van der Waals surface area (Å²) in [5.41, 5.74) is 0. The summed E-state index contributed by atoms with van der Waals surface area (Å²) in [6, 6.07) is 0. The average molecular weight is 177 g/mol. The van der Waals surface area contributed by atoms with E-state index in [0.29, 0.717) is 6.54 Å². The van der Waals surface area contributed by atoms with E-state index in [9.17, 15) is 9.90 Å². The Balaban J connectivity index is 0.00000144. The van der Waals surface area contributed by atoms with Gasteiger partial charge in [0, 0.05) is 18.4 Å². The van der Waals surface area contributed by atoms with Gasteiger partial charge < -0.3 is 14.8 Å². The van der Waals surface area contributed by atoms with Gasteiger partial charge in [-0.2, -0.15) is 0 Å². The van der Waals surface area contributed by atoms with Crippen molar-refractivity contribution in [3.8, 4) is 0 Å². The van der Waals surface area contributed by atoms with Crippen molar-refractivity contribution in [3.05, 3.63) is 0 Å². The number of carboxylic acids is 1. The second-order valence-corrected chi connectivity index (χ2v) is 3.46. The van der Waals surface area contributed by atoms with Crippen LogP contribution in [0.2, 0.25) is 0 Å². The van der Waals surface area contributed by atoms with Crippen molar-refractivity contribution >= 4 is 5.97 Å². The Bertz CT molecular complexity index is 162. The summed E-state index contributed by atoms with van der Waals surface area (Å²) in [7, 11) is 0. The number of aliphatic carboxylic acids is 1. The minimum absolute atomic E-state index is 0. The van der Waals surface area contributed by atoms with Crippen molar-refractivity contribution in [3.63, 3.8) is 0 Å². The molecule has 1 fully saturated rings. The van der Waals surface area contributed by atoms with Crippen molar-refractivity contribution < 1.29 is 28.8 Å². The summed E-state index contributed by atoms with van der Waals surface area (Å²) < 4.78 is 0. The maximum Gasteiger partial charge on any atom is 1.00 e. The standard InChI is InChI=1S/C9H17NO2.Li/c1-2-5-10-6-3-4-8(7-10)9(11)12;/h8H,2-7H2,1H3,(H,11,12);/q;+1/p-1. The topological polar surface area (TPSA) is 43.4 Å². The molecular formula is C9H16LiNO2. The Kier molecular flexibility index (Phi) is 6.49. The number of nitrogens with zero attached hydrogens (tertiary/aromatic N) is 1. The molecule has 0 saturated carbocycles. The Morgan fingerprint density at radius 2 is 2.31 bits per heavy atom. The van der Waals surface area contributed by atoms with E-state index < -0.39 is 5.97 Å². The van der Waals surface area contributed by atoms with E-state index in [1.807, 2.05) is 0 Å². The van der Waals surface area contributed by atoms with Gasteiger partial charge in [-0.1, -0.05) is 6.92 Å². The zero-order chi connectivity index (χ0) is 8.97. The first-order valence-electron chi connectivity index (χ1n) is 4.67. The number of hydrogen-bond donors (Lipinski definition) is 0. The second-order valence-electron chi connectivity index (χ2n) is 3.46. The van der Waals surface area contributed by atoms with Gasteiger partial charge in [0.15, 0.2) is 0 Å². The van der Waals surface area contributed by atoms with Crippen LogP contribution in [0.25, 0.3) is 0 Å². The molecule has 0 N–H and O–H groups in total. The zero-order valence-electron chi connectivity index (χ0n) is 8.58. The zero-order valence-corrected chi connectivity index (χ0v) is 8.58. The summed E-state index contributed by atoms with van der Waals surface area (Å²) in [5, 5.41) is 10.6. The van der Waals surface area contributed by atoms with E-state index in [-0.39, 0.29) is 24.8 Å². The molecule has 1 aliphatic rings. The molecule has 1 heterocycles. The van der Waals surface area contributed by atoms with E-state index in [2.05, 4.69) is 11.8 Å². The van der Waals surface area contributed by atoms with Crippen LogP contribution in [0.1, 0.15) is 26.2 Å². The number of likely N-dealkylation sites (tertiary alicyclic amines) is 1. The summed E-state index contributed by atoms with van der Waals surface area (Å²) in [4.78, 5) is 12.8. The van der Waals surface area contributed by atoms with Crippen LogP contribution in [0.3, 0.4) is 0 Å². The van der Waals surface area contributed by atoms with Crippen molar-refractivity contribution in [1.82, 2.24) is 4.90 Å². The third-order valence-corrected chi connectivity index (χ3v) is 2.38. The van der Waals surface area contributed by atoms with Crippen LogP contribution in [0.5, 0.6) is 0 Å². The van der Waals surface area contributed by atoms with Crippen LogP contribution in [0.4, 0.5) is 0 Å². The van der Waals surface area contributed by atoms with E-state index >= 15 is 0 Å². The molecule has 0 aromatic heterocycles. The number of carboxylic acid groups (broad SMARTS) is 1. The van der Waals surface area contributed by atoms with Crippen LogP contribution in [0.15, 0.2) is 0 Å². The van der Waals surface area contributed by atoms with Crippen LogP contribution in [0, 0.1) is 5.92 Å². The number of hydrogen-bond acceptors (Lipinski definition) is 3. The molecule has 3 nitrogen and oxygen atoms in total. The average Bonchev–Trinajstić information content (AvgIpc) is 2.05. The normalized spacial score (nSPS) is 23.6. The Morgan fingerprint density at radius 1 is 1.62 bits per heavy atom. The molecule has 0 amide bonds. The number of carbonyl (C=O) groups is 1. The van der Waals surface area contributed by atoms with Gasteiger partial charge in [0.25, 0.3) is 0 Å². The fourth-order valence-corrected chi connectivity index (χ4v) is 1.77. The summed E-state index contributed by atoms with van der Waals surface area (Å²) in [6.07, 6.45) is 2.89. The molecule has 1 saturated heterocycles. The van der Waals surface area contributed by atoms with E-state index in [1.54, 1.807) is 0 Å². The van der Waals surface area contributed by atoms with Gasteiger partial charge in [-0.05, 0) is 32.4 Å². The molecule has 0 radical (unpaired) electrons. The van der Waals surface area contributed by atoms with Crippen LogP contribution in [-0.2, 0) is 4.79 Å². The third kappa shape index (κ3) is 4.17. The fraction of sp³-hybridized carbons (Fsp3) is 0.889. The molecule has 1 aliphatic heterocycles. The minimum Gasteiger partial charge on any atom is -0.550 e. The maximum atomic E-state index is 10.6. The van der Waals surface area contributed by atoms with Gasteiger partial charge >= 0.3 is 18.9 Å². The Hall–Kier alpha value is 0.0274. The number of rotatable bonds is 3. The number of carbonyl (C=O) groups excluding carboxylic acids is 1. The maximum absolute atomic E-state index is 10.6. The molecule has 0 aliphatic carbocycles. The van der Waals surface area contributed by atoms with Crippen molar-refractivity contribution in [1.29, 1.82) is 0 Å². The minimum atomic E-state index is -0.879. The molecule has 70 valence electrons. The molecular weight excluding hydrogens is 161 g/mol. The molecule has 1 atom stereocenters. The van der Waals surface area contributed by atoms with Crippen LogP contribution < -0.4 is 24.0 Å². The van der Waals surface area contributed by atoms with E-state index in [4.69, 9.17) is 0 Å². The molecule has 1 rings (SSSR count). The van der Waals surface area contributed by atoms with Gasteiger partial charge in [-0.3, -0.25) is 0 Å². The fourth-order valence-electron chi connectivity index (χ4n) is 1.77. The van der Waals surface area contributed by atoms with Crippen LogP contribution >= 0.6 is 0 Å². The molecule has 0 aromatic carbocycles. The Morgan fingerprint density at radius 3 is 2.85 bits per heavy atom. The monoisotopic (exact) mass is 177 g/mol. The summed E-state index contributed by atoms with van der Waals surface area (Å²) in [5.74, 6) is -1.11. The second kappa shape index (κ2) is 6.48. The van der Waals surface area contributed by atoms with E-state index in [1.165, 1.54) is 0 Å². The first-order chi connectivity index (χ1) is 5.74. The molecule has 13 heavy (non-hydrogen) atoms. The predicted molar refractivity (Wildman–Crippen MR) is 44.5 cm³/mol. The van der Waals surface area contributed by atoms with Gasteiger partial charge in [0.1, 0.15) is 0 Å². The van der Waals surface area contributed by atoms with Gasteiger partial charge in [0.05, 0.1) is 0 Å². The van der Waals surface area contributed by atoms with Gasteiger partial charge in [0.2, 0.25) is 0 Å². The molecule has 0 aromatic rings. The smallest absolute Gasteiger partial charge is 0.550 e. The largest absolute Gasteiger partial charge is 1.00 e. The van der Waals surface area contributed by atoms with Gasteiger partial charge in [-0.25, -0.2) is 0 Å². The third-order valence-electron chi connectivity index (χ3n) is 2.38. The van der Waals surface area contributed by atoms with Crippen molar-refractivity contribution in [2.75, 3.05) is 19.6 Å². The summed E-state index contributed by atoms with van der Waals surface area (Å²) in [6.45, 7) is 4.88. The van der Waals surface area contributed by atoms with E-state index in [0.717, 1.165) is 32.4 Å². The van der Waals surface area contributed by atoms with Gasteiger partial charge in [-0.15, -0.1) is 0 Å². The first kappa shape index (κ1) is 13.0. The SMILES string of the molecule is CCCN1CCCC(C(=O)[O-])C1.[Li+]. The Labute approximate surface area is 91.7 Å². The number of piperidine rings is 1. The quantitative estimate of drug-likeness (QED) is 0.428. The molecule has 0 bridgehead atoms. The van der Waals surface area contributed by atoms with Crippen molar-refractivity contribution in [2.24, 2.45) is 5.92 Å². The molecule has 1 unspecified atom stereocenters. The molecule has 0 spiro atoms. The van der Waals surface area contributed by atoms with Crippen LogP contribution in [-0.4, -0.2) is 30.5 Å². The summed E-state index contributed by atoms with van der Waals surface area (Å²) >= 11 is 0. The van der Waals surface area contributed by atoms with Crippen molar-refractivity contribution in [2.45, 2.75) is 26.2 Å². The first-order valence-corrected chi connectivity index (χ1v) is 4.67.